The molecule has 6 heteroatoms. The number of carbonyl (C=O) groups excluding carboxylic acids is 1. The quantitative estimate of drug-likeness (QED) is 0.748. The number of likely N-dealkylation sites (N-methyl/N-ethyl adjacent to an activating group) is 1. The van der Waals surface area contributed by atoms with Gasteiger partial charge in [0.25, 0.3) is 0 Å². The van der Waals surface area contributed by atoms with Gasteiger partial charge >= 0.3 is 13.1 Å². The van der Waals surface area contributed by atoms with Crippen LogP contribution in [0.3, 0.4) is 0 Å². The summed E-state index contributed by atoms with van der Waals surface area (Å²) in [7, 11) is 1.73. The van der Waals surface area contributed by atoms with Gasteiger partial charge in [0, 0.05) is 7.05 Å². The number of nitrogens with one attached hydrogen (secondary N) is 1. The molecular formula is C14H25BN2O3. The Morgan fingerprint density at radius 3 is 2.40 bits per heavy atom. The molecule has 2 heterocycles. The summed E-state index contributed by atoms with van der Waals surface area (Å²) >= 11 is 0. The molecule has 3 fully saturated rings. The summed E-state index contributed by atoms with van der Waals surface area (Å²) in [6, 6.07) is 0.626. The second-order valence-corrected chi connectivity index (χ2v) is 7.43. The van der Waals surface area contributed by atoms with Crippen molar-refractivity contribution in [1.82, 2.24) is 10.2 Å². The van der Waals surface area contributed by atoms with Gasteiger partial charge in [-0.3, -0.25) is 0 Å². The number of urea groups is 1. The van der Waals surface area contributed by atoms with Crippen LogP contribution in [-0.2, 0) is 9.31 Å². The Morgan fingerprint density at radius 1 is 1.20 bits per heavy atom. The number of hydrogen-bond acceptors (Lipinski definition) is 3. The SMILES string of the molecule is CN1C(=O)NC2CCC(B3OC(C)(C)C(C)(C)O3)CC21. The van der Waals surface area contributed by atoms with Crippen LogP contribution < -0.4 is 5.32 Å². The van der Waals surface area contributed by atoms with Gasteiger partial charge in [0.15, 0.2) is 0 Å². The zero-order valence-electron chi connectivity index (χ0n) is 13.1. The molecule has 3 aliphatic rings. The fourth-order valence-electron chi connectivity index (χ4n) is 3.51. The number of amides is 2. The highest BCUT2D eigenvalue weighted by Gasteiger charge is 2.55. The summed E-state index contributed by atoms with van der Waals surface area (Å²) < 4.78 is 12.3. The minimum absolute atomic E-state index is 0.0505. The number of carbonyl (C=O) groups is 1. The predicted octanol–water partition coefficient (Wildman–Crippen LogP) is 2.02. The fourth-order valence-corrected chi connectivity index (χ4v) is 3.51. The Kier molecular flexibility index (Phi) is 3.11. The topological polar surface area (TPSA) is 50.8 Å². The summed E-state index contributed by atoms with van der Waals surface area (Å²) in [5, 5.41) is 3.05. The van der Waals surface area contributed by atoms with Gasteiger partial charge in [-0.05, 0) is 52.8 Å². The number of hydrogen-bond donors (Lipinski definition) is 1. The molecule has 1 N–H and O–H groups in total. The minimum Gasteiger partial charge on any atom is -0.403 e. The Labute approximate surface area is 121 Å². The van der Waals surface area contributed by atoms with Crippen LogP contribution >= 0.6 is 0 Å². The second kappa shape index (κ2) is 4.37. The molecule has 2 saturated heterocycles. The first-order valence-corrected chi connectivity index (χ1v) is 7.60. The van der Waals surface area contributed by atoms with Gasteiger partial charge in [0.2, 0.25) is 0 Å². The summed E-state index contributed by atoms with van der Waals surface area (Å²) in [6.07, 6.45) is 3.01. The van der Waals surface area contributed by atoms with E-state index in [1.807, 2.05) is 11.9 Å². The van der Waals surface area contributed by atoms with Crippen molar-refractivity contribution in [3.05, 3.63) is 0 Å². The van der Waals surface area contributed by atoms with E-state index in [4.69, 9.17) is 9.31 Å². The average Bonchev–Trinajstić information content (AvgIpc) is 2.74. The van der Waals surface area contributed by atoms with E-state index in [1.54, 1.807) is 0 Å². The molecule has 0 aromatic carbocycles. The Balaban J connectivity index is 1.70. The zero-order chi connectivity index (χ0) is 14.7. The molecule has 0 radical (unpaired) electrons. The number of nitrogens with zero attached hydrogens (tertiary/aromatic N) is 1. The highest BCUT2D eigenvalue weighted by molar-refractivity contribution is 6.47. The van der Waals surface area contributed by atoms with Gasteiger partial charge in [-0.25, -0.2) is 4.79 Å². The van der Waals surface area contributed by atoms with Gasteiger partial charge in [0.1, 0.15) is 0 Å². The smallest absolute Gasteiger partial charge is 0.403 e. The first kappa shape index (κ1) is 14.2. The second-order valence-electron chi connectivity index (χ2n) is 7.43. The minimum atomic E-state index is -0.274. The maximum Gasteiger partial charge on any atom is 0.461 e. The van der Waals surface area contributed by atoms with Gasteiger partial charge in [-0.15, -0.1) is 0 Å². The van der Waals surface area contributed by atoms with Crippen LogP contribution in [-0.4, -0.2) is 48.4 Å². The summed E-state index contributed by atoms with van der Waals surface area (Å²) in [5.74, 6) is 0.368. The lowest BCUT2D eigenvalue weighted by Gasteiger charge is -2.34. The number of fused-ring (bicyclic) bond motifs is 1. The van der Waals surface area contributed by atoms with Crippen molar-refractivity contribution >= 4 is 13.1 Å². The normalized spacial score (nSPS) is 38.9. The number of rotatable bonds is 1. The standard InChI is InChI=1S/C14H25BN2O3/c1-13(2)14(3,4)20-15(19-13)9-6-7-10-11(8-9)17(5)12(18)16-10/h9-11H,6-8H2,1-5H3,(H,16,18). The maximum absolute atomic E-state index is 11.7. The third kappa shape index (κ3) is 2.04. The highest BCUT2D eigenvalue weighted by Crippen LogP contribution is 2.45. The summed E-state index contributed by atoms with van der Waals surface area (Å²) in [6.45, 7) is 8.35. The van der Waals surface area contributed by atoms with E-state index in [0.29, 0.717) is 11.9 Å². The molecular weight excluding hydrogens is 255 g/mol. The molecule has 2 aliphatic heterocycles. The lowest BCUT2D eigenvalue weighted by atomic mass is 9.62. The van der Waals surface area contributed by atoms with Gasteiger partial charge in [-0.2, -0.15) is 0 Å². The molecule has 1 saturated carbocycles. The first-order valence-electron chi connectivity index (χ1n) is 7.60. The van der Waals surface area contributed by atoms with Crippen LogP contribution in [0.5, 0.6) is 0 Å². The molecule has 0 aromatic rings. The molecule has 2 amide bonds. The molecule has 0 spiro atoms. The van der Waals surface area contributed by atoms with Gasteiger partial charge < -0.3 is 19.5 Å². The molecule has 20 heavy (non-hydrogen) atoms. The average molecular weight is 280 g/mol. The van der Waals surface area contributed by atoms with E-state index in [1.165, 1.54) is 0 Å². The van der Waals surface area contributed by atoms with Crippen LogP contribution in [0.15, 0.2) is 0 Å². The van der Waals surface area contributed by atoms with E-state index in [-0.39, 0.29) is 30.4 Å². The Bertz CT molecular complexity index is 411. The molecule has 0 aromatic heterocycles. The van der Waals surface area contributed by atoms with E-state index < -0.39 is 0 Å². The Hall–Kier alpha value is -0.745. The van der Waals surface area contributed by atoms with Crippen LogP contribution in [0, 0.1) is 0 Å². The third-order valence-corrected chi connectivity index (χ3v) is 5.64. The fraction of sp³-hybridized carbons (Fsp3) is 0.929. The largest absolute Gasteiger partial charge is 0.461 e. The molecule has 0 bridgehead atoms. The van der Waals surface area contributed by atoms with Crippen LogP contribution in [0.25, 0.3) is 0 Å². The van der Waals surface area contributed by atoms with Crippen molar-refractivity contribution in [1.29, 1.82) is 0 Å². The van der Waals surface area contributed by atoms with E-state index in [0.717, 1.165) is 19.3 Å². The monoisotopic (exact) mass is 280 g/mol. The maximum atomic E-state index is 11.7. The molecule has 5 nitrogen and oxygen atoms in total. The van der Waals surface area contributed by atoms with Crippen LogP contribution in [0.2, 0.25) is 5.82 Å². The Morgan fingerprint density at radius 2 is 1.80 bits per heavy atom. The van der Waals surface area contributed by atoms with Crippen molar-refractivity contribution in [2.45, 2.75) is 76.1 Å². The van der Waals surface area contributed by atoms with Gasteiger partial charge in [0.05, 0.1) is 23.3 Å². The van der Waals surface area contributed by atoms with Crippen molar-refractivity contribution < 1.29 is 14.1 Å². The molecule has 3 atom stereocenters. The van der Waals surface area contributed by atoms with Crippen molar-refractivity contribution in [2.24, 2.45) is 0 Å². The zero-order valence-corrected chi connectivity index (χ0v) is 13.1. The van der Waals surface area contributed by atoms with E-state index in [2.05, 4.69) is 33.0 Å². The lowest BCUT2D eigenvalue weighted by Crippen LogP contribution is -2.42. The van der Waals surface area contributed by atoms with Crippen LogP contribution in [0.4, 0.5) is 4.79 Å². The summed E-state index contributed by atoms with van der Waals surface area (Å²) in [4.78, 5) is 13.6. The molecule has 3 unspecified atom stereocenters. The molecule has 1 aliphatic carbocycles. The third-order valence-electron chi connectivity index (χ3n) is 5.64. The van der Waals surface area contributed by atoms with Gasteiger partial charge in [-0.1, -0.05) is 0 Å². The van der Waals surface area contributed by atoms with E-state index >= 15 is 0 Å². The first-order chi connectivity index (χ1) is 9.21. The molecule has 3 rings (SSSR count). The van der Waals surface area contributed by atoms with E-state index in [9.17, 15) is 4.79 Å². The van der Waals surface area contributed by atoms with Crippen molar-refractivity contribution in [2.75, 3.05) is 7.05 Å². The van der Waals surface area contributed by atoms with Crippen molar-refractivity contribution in [3.63, 3.8) is 0 Å². The highest BCUT2D eigenvalue weighted by atomic mass is 16.7. The van der Waals surface area contributed by atoms with Crippen molar-refractivity contribution in [3.8, 4) is 0 Å². The molecule has 112 valence electrons. The van der Waals surface area contributed by atoms with Crippen LogP contribution in [0.1, 0.15) is 47.0 Å². The lowest BCUT2D eigenvalue weighted by molar-refractivity contribution is 0.00578. The summed E-state index contributed by atoms with van der Waals surface area (Å²) in [5.41, 5.74) is -0.547. The predicted molar refractivity (Wildman–Crippen MR) is 77.6 cm³/mol.